The van der Waals surface area contributed by atoms with Crippen LogP contribution >= 0.6 is 0 Å². The number of aromatic nitrogens is 2. The van der Waals surface area contributed by atoms with Crippen molar-refractivity contribution in [1.82, 2.24) is 9.55 Å². The van der Waals surface area contributed by atoms with Crippen LogP contribution in [-0.4, -0.2) is 21.1 Å². The zero-order valence-corrected chi connectivity index (χ0v) is 11.1. The molecule has 1 atom stereocenters. The lowest BCUT2D eigenvalue weighted by Crippen LogP contribution is -2.34. The van der Waals surface area contributed by atoms with Crippen molar-refractivity contribution in [3.63, 3.8) is 0 Å². The van der Waals surface area contributed by atoms with Crippen LogP contribution in [0.2, 0.25) is 0 Å². The van der Waals surface area contributed by atoms with E-state index in [1.807, 2.05) is 13.0 Å². The van der Waals surface area contributed by atoms with E-state index in [1.165, 1.54) is 10.9 Å². The Hall–Kier alpha value is -2.30. The third-order valence-corrected chi connectivity index (χ3v) is 3.71. The zero-order chi connectivity index (χ0) is 14.3. The van der Waals surface area contributed by atoms with Gasteiger partial charge in [-0.05, 0) is 25.5 Å². The molecule has 1 fully saturated rings. The summed E-state index contributed by atoms with van der Waals surface area (Å²) in [5.74, 6) is -0.249. The van der Waals surface area contributed by atoms with Gasteiger partial charge in [0, 0.05) is 6.42 Å². The third kappa shape index (κ3) is 2.05. The molecule has 3 rings (SSSR count). The summed E-state index contributed by atoms with van der Waals surface area (Å²) in [5.41, 5.74) is 1.38. The first-order valence-electron chi connectivity index (χ1n) is 6.58. The average Bonchev–Trinajstić information content (AvgIpc) is 2.41. The highest BCUT2D eigenvalue weighted by atomic mass is 16.2. The molecular formula is C15H14N2O3. The summed E-state index contributed by atoms with van der Waals surface area (Å²) in [5, 5.41) is 0.511. The second kappa shape index (κ2) is 4.67. The number of hydrogen-bond donors (Lipinski definition) is 0. The topological polar surface area (TPSA) is 69.0 Å². The Balaban J connectivity index is 2.13. The number of benzene rings is 1. The molecule has 2 aromatic rings. The predicted octanol–water partition coefficient (Wildman–Crippen LogP) is 1.57. The molecule has 1 aliphatic carbocycles. The summed E-state index contributed by atoms with van der Waals surface area (Å²) in [6, 6.07) is 4.91. The molecule has 0 bridgehead atoms. The van der Waals surface area contributed by atoms with Crippen LogP contribution in [0.1, 0.15) is 30.9 Å². The molecule has 1 unspecified atom stereocenters. The van der Waals surface area contributed by atoms with Crippen molar-refractivity contribution in [2.24, 2.45) is 0 Å². The van der Waals surface area contributed by atoms with Crippen molar-refractivity contribution in [2.45, 2.75) is 32.2 Å². The van der Waals surface area contributed by atoms with Gasteiger partial charge in [0.25, 0.3) is 5.56 Å². The highest BCUT2D eigenvalue weighted by Gasteiger charge is 2.29. The lowest BCUT2D eigenvalue weighted by Gasteiger charge is -2.21. The van der Waals surface area contributed by atoms with Crippen LogP contribution in [0, 0.1) is 6.92 Å². The fraction of sp³-hybridized carbons (Fsp3) is 0.333. The summed E-state index contributed by atoms with van der Waals surface area (Å²) < 4.78 is 1.37. The molecular weight excluding hydrogens is 256 g/mol. The smallest absolute Gasteiger partial charge is 0.261 e. The monoisotopic (exact) mass is 270 g/mol. The van der Waals surface area contributed by atoms with Crippen molar-refractivity contribution in [3.8, 4) is 0 Å². The molecule has 1 aromatic heterocycles. The summed E-state index contributed by atoms with van der Waals surface area (Å²) in [6.07, 6.45) is 2.06. The van der Waals surface area contributed by atoms with Gasteiger partial charge in [0.05, 0.1) is 29.7 Å². The Morgan fingerprint density at radius 1 is 1.25 bits per heavy atom. The van der Waals surface area contributed by atoms with Crippen LogP contribution in [0.4, 0.5) is 0 Å². The Labute approximate surface area is 115 Å². The molecule has 1 aromatic carbocycles. The van der Waals surface area contributed by atoms with Crippen molar-refractivity contribution < 1.29 is 9.59 Å². The van der Waals surface area contributed by atoms with Crippen molar-refractivity contribution in [1.29, 1.82) is 0 Å². The van der Waals surface area contributed by atoms with Gasteiger partial charge in [-0.25, -0.2) is 4.98 Å². The number of carbonyl (C=O) groups is 2. The van der Waals surface area contributed by atoms with Gasteiger partial charge in [0.2, 0.25) is 0 Å². The van der Waals surface area contributed by atoms with Gasteiger partial charge in [-0.1, -0.05) is 11.6 Å². The first-order valence-corrected chi connectivity index (χ1v) is 6.58. The van der Waals surface area contributed by atoms with E-state index in [0.717, 1.165) is 5.56 Å². The molecule has 0 spiro atoms. The molecule has 5 heteroatoms. The van der Waals surface area contributed by atoms with Gasteiger partial charge in [0.1, 0.15) is 5.78 Å². The second-order valence-electron chi connectivity index (χ2n) is 5.21. The molecule has 0 N–H and O–H groups in total. The summed E-state index contributed by atoms with van der Waals surface area (Å²) in [7, 11) is 0. The maximum Gasteiger partial charge on any atom is 0.261 e. The molecule has 1 heterocycles. The van der Waals surface area contributed by atoms with Gasteiger partial charge >= 0.3 is 0 Å². The first kappa shape index (κ1) is 12.7. The van der Waals surface area contributed by atoms with Crippen LogP contribution < -0.4 is 5.56 Å². The molecule has 102 valence electrons. The van der Waals surface area contributed by atoms with Gasteiger partial charge in [-0.2, -0.15) is 0 Å². The minimum Gasteiger partial charge on any atom is -0.299 e. The van der Waals surface area contributed by atoms with Gasteiger partial charge < -0.3 is 0 Å². The summed E-state index contributed by atoms with van der Waals surface area (Å²) >= 11 is 0. The first-order chi connectivity index (χ1) is 9.56. The number of hydrogen-bond acceptors (Lipinski definition) is 4. The third-order valence-electron chi connectivity index (χ3n) is 3.71. The molecule has 0 saturated heterocycles. The lowest BCUT2D eigenvalue weighted by molar-refractivity contribution is -0.132. The molecule has 20 heavy (non-hydrogen) atoms. The maximum absolute atomic E-state index is 12.5. The number of nitrogens with zero attached hydrogens (tertiary/aromatic N) is 2. The molecule has 0 amide bonds. The van der Waals surface area contributed by atoms with Crippen LogP contribution in [0.5, 0.6) is 0 Å². The van der Waals surface area contributed by atoms with E-state index in [0.29, 0.717) is 23.7 Å². The van der Waals surface area contributed by atoms with E-state index < -0.39 is 6.04 Å². The van der Waals surface area contributed by atoms with Crippen LogP contribution in [-0.2, 0) is 9.59 Å². The van der Waals surface area contributed by atoms with E-state index in [-0.39, 0.29) is 23.5 Å². The van der Waals surface area contributed by atoms with Crippen LogP contribution in [0.3, 0.4) is 0 Å². The van der Waals surface area contributed by atoms with Gasteiger partial charge in [-0.3, -0.25) is 19.0 Å². The van der Waals surface area contributed by atoms with Crippen molar-refractivity contribution >= 4 is 22.5 Å². The molecule has 0 aliphatic heterocycles. The highest BCUT2D eigenvalue weighted by molar-refractivity contribution is 6.03. The van der Waals surface area contributed by atoms with E-state index in [1.54, 1.807) is 12.1 Å². The molecule has 0 radical (unpaired) electrons. The number of fused-ring (bicyclic) bond motifs is 1. The number of carbonyl (C=O) groups excluding carboxylic acids is 2. The van der Waals surface area contributed by atoms with Gasteiger partial charge in [0.15, 0.2) is 5.78 Å². The number of Topliss-reactive ketones (excluding diaryl/α,β-unsaturated/α-hetero) is 2. The van der Waals surface area contributed by atoms with E-state index in [2.05, 4.69) is 4.98 Å². The average molecular weight is 270 g/mol. The summed E-state index contributed by atoms with van der Waals surface area (Å²) in [6.45, 7) is 1.90. The Morgan fingerprint density at radius 3 is 2.80 bits per heavy atom. The predicted molar refractivity (Wildman–Crippen MR) is 73.6 cm³/mol. The Morgan fingerprint density at radius 2 is 2.05 bits per heavy atom. The Bertz CT molecular complexity index is 776. The normalized spacial score (nSPS) is 19.6. The standard InChI is InChI=1S/C15H14N2O3/c1-9-2-4-12-11(6-9)15(20)17(8-16-12)13-5-3-10(18)7-14(13)19/h2,4,6,8,13H,3,5,7H2,1H3. The van der Waals surface area contributed by atoms with Crippen molar-refractivity contribution in [2.75, 3.05) is 0 Å². The maximum atomic E-state index is 12.5. The SMILES string of the molecule is Cc1ccc2ncn(C3CCC(=O)CC3=O)c(=O)c2c1. The fourth-order valence-electron chi connectivity index (χ4n) is 2.63. The minimum absolute atomic E-state index is 0.0520. The summed E-state index contributed by atoms with van der Waals surface area (Å²) in [4.78, 5) is 40.0. The molecule has 1 saturated carbocycles. The van der Waals surface area contributed by atoms with E-state index >= 15 is 0 Å². The van der Waals surface area contributed by atoms with Crippen LogP contribution in [0.15, 0.2) is 29.3 Å². The molecule has 1 aliphatic rings. The largest absolute Gasteiger partial charge is 0.299 e. The molecule has 5 nitrogen and oxygen atoms in total. The second-order valence-corrected chi connectivity index (χ2v) is 5.21. The van der Waals surface area contributed by atoms with E-state index in [9.17, 15) is 14.4 Å². The fourth-order valence-corrected chi connectivity index (χ4v) is 2.63. The minimum atomic E-state index is -0.558. The Kier molecular flexibility index (Phi) is 2.97. The van der Waals surface area contributed by atoms with E-state index in [4.69, 9.17) is 0 Å². The van der Waals surface area contributed by atoms with Gasteiger partial charge in [-0.15, -0.1) is 0 Å². The number of rotatable bonds is 1. The quantitative estimate of drug-likeness (QED) is 0.737. The van der Waals surface area contributed by atoms with Crippen molar-refractivity contribution in [3.05, 3.63) is 40.4 Å². The highest BCUT2D eigenvalue weighted by Crippen LogP contribution is 2.22. The number of ketones is 2. The number of aryl methyl sites for hydroxylation is 1. The zero-order valence-electron chi connectivity index (χ0n) is 11.1. The van der Waals surface area contributed by atoms with Crippen LogP contribution in [0.25, 0.3) is 10.9 Å². The lowest BCUT2D eigenvalue weighted by atomic mass is 9.93.